The van der Waals surface area contributed by atoms with Gasteiger partial charge in [-0.3, -0.25) is 4.34 Å². The molecule has 2 N–H and O–H groups in total. The predicted octanol–water partition coefficient (Wildman–Crippen LogP) is 6.66. The molecule has 31 heavy (non-hydrogen) atoms. The van der Waals surface area contributed by atoms with Crippen molar-refractivity contribution in [2.24, 2.45) is 0 Å². The van der Waals surface area contributed by atoms with Crippen molar-refractivity contribution in [1.29, 1.82) is 5.26 Å². The van der Waals surface area contributed by atoms with E-state index in [0.29, 0.717) is 28.7 Å². The van der Waals surface area contributed by atoms with Crippen LogP contribution in [0.1, 0.15) is 11.5 Å². The first-order valence-electron chi connectivity index (χ1n) is 9.04. The fourth-order valence-corrected chi connectivity index (χ4v) is 5.99. The number of fused-ring (bicyclic) bond motifs is 1. The van der Waals surface area contributed by atoms with E-state index in [1.807, 2.05) is 37.4 Å². The molecule has 1 unspecified atom stereocenters. The van der Waals surface area contributed by atoms with Crippen LogP contribution < -0.4 is 10.6 Å². The largest absolute Gasteiger partial charge is 0.353 e. The maximum atomic E-state index is 9.13. The van der Waals surface area contributed by atoms with Crippen LogP contribution in [0.2, 0.25) is 5.02 Å². The fourth-order valence-electron chi connectivity index (χ4n) is 3.03. The van der Waals surface area contributed by atoms with Crippen LogP contribution in [0.3, 0.4) is 0 Å². The van der Waals surface area contributed by atoms with Gasteiger partial charge >= 0.3 is 0 Å². The van der Waals surface area contributed by atoms with E-state index in [4.69, 9.17) is 26.8 Å². The van der Waals surface area contributed by atoms with Crippen molar-refractivity contribution in [3.63, 3.8) is 0 Å². The Hall–Kier alpha value is -2.12. The number of nitriles is 1. The first-order chi connectivity index (χ1) is 15.0. The van der Waals surface area contributed by atoms with Crippen LogP contribution in [-0.4, -0.2) is 25.5 Å². The number of aromatic nitrogens is 4. The number of benzene rings is 1. The number of hydrogen-bond acceptors (Lipinski definition) is 7. The van der Waals surface area contributed by atoms with Gasteiger partial charge in [-0.25, -0.2) is 15.0 Å². The van der Waals surface area contributed by atoms with Gasteiger partial charge in [0, 0.05) is 16.0 Å². The van der Waals surface area contributed by atoms with E-state index in [-0.39, 0.29) is 0 Å². The minimum Gasteiger partial charge on any atom is -0.353 e. The third-order valence-corrected chi connectivity index (χ3v) is 7.58. The fraction of sp³-hybridized carbons (Fsp3) is 0.100. The van der Waals surface area contributed by atoms with E-state index in [1.165, 1.54) is 0 Å². The van der Waals surface area contributed by atoms with Crippen molar-refractivity contribution in [1.82, 2.24) is 19.3 Å². The Bertz CT molecular complexity index is 1320. The number of aryl methyl sites for hydroxylation is 1. The summed E-state index contributed by atoms with van der Waals surface area (Å²) in [7, 11) is 0. The maximum absolute atomic E-state index is 9.13. The van der Waals surface area contributed by atoms with Crippen LogP contribution in [0.4, 0.5) is 23.0 Å². The molecule has 0 bridgehead atoms. The predicted molar refractivity (Wildman–Crippen MR) is 139 cm³/mol. The first kappa shape index (κ1) is 22.1. The van der Waals surface area contributed by atoms with Crippen LogP contribution in [0.25, 0.3) is 11.2 Å². The average Bonchev–Trinajstić information content (AvgIpc) is 3.10. The van der Waals surface area contributed by atoms with Gasteiger partial charge in [0.25, 0.3) is 0 Å². The van der Waals surface area contributed by atoms with Crippen molar-refractivity contribution in [2.45, 2.75) is 11.8 Å². The molecular weight excluding hydrogens is 564 g/mol. The number of nitrogens with zero attached hydrogens (tertiary/aromatic N) is 5. The number of pyridine rings is 2. The SMILES string of the molecule is CSc1cc(Cl)ccc1Nc1cc(Nc2cccc(C#N)n2)nc2c1nc(C)n2PI. The zero-order chi connectivity index (χ0) is 22.0. The monoisotopic (exact) mass is 579 g/mol. The Morgan fingerprint density at radius 3 is 2.68 bits per heavy atom. The third-order valence-electron chi connectivity index (χ3n) is 4.42. The van der Waals surface area contributed by atoms with Gasteiger partial charge in [0.1, 0.15) is 34.7 Å². The lowest BCUT2D eigenvalue weighted by molar-refractivity contribution is 1.10. The first-order valence-corrected chi connectivity index (χ1v) is 14.7. The summed E-state index contributed by atoms with van der Waals surface area (Å²) < 4.78 is 2.07. The van der Waals surface area contributed by atoms with Crippen LogP contribution in [0.15, 0.2) is 47.4 Å². The van der Waals surface area contributed by atoms with E-state index in [9.17, 15) is 0 Å². The Morgan fingerprint density at radius 2 is 1.94 bits per heavy atom. The zero-order valence-electron chi connectivity index (χ0n) is 16.4. The molecule has 3 aromatic heterocycles. The highest BCUT2D eigenvalue weighted by Gasteiger charge is 2.16. The lowest BCUT2D eigenvalue weighted by Crippen LogP contribution is -2.01. The Morgan fingerprint density at radius 1 is 1.10 bits per heavy atom. The van der Waals surface area contributed by atoms with Gasteiger partial charge in [-0.15, -0.1) is 11.8 Å². The van der Waals surface area contributed by atoms with Crippen LogP contribution in [-0.2, 0) is 0 Å². The van der Waals surface area contributed by atoms with Crippen LogP contribution in [0.5, 0.6) is 0 Å². The van der Waals surface area contributed by atoms with Crippen molar-refractivity contribution < 1.29 is 0 Å². The van der Waals surface area contributed by atoms with Crippen molar-refractivity contribution >= 4 is 86.0 Å². The molecule has 1 aromatic carbocycles. The molecule has 0 aliphatic heterocycles. The summed E-state index contributed by atoms with van der Waals surface area (Å²) in [6, 6.07) is 14.9. The number of hydrogen-bond donors (Lipinski definition) is 2. The summed E-state index contributed by atoms with van der Waals surface area (Å²) in [4.78, 5) is 14.9. The lowest BCUT2D eigenvalue weighted by atomic mass is 10.2. The lowest BCUT2D eigenvalue weighted by Gasteiger charge is -2.13. The summed E-state index contributed by atoms with van der Waals surface area (Å²) in [5.74, 6) is 2.04. The Balaban J connectivity index is 1.82. The normalized spacial score (nSPS) is 11.2. The molecule has 1 atom stereocenters. The van der Waals surface area contributed by atoms with Gasteiger partial charge < -0.3 is 10.6 Å². The molecule has 0 aliphatic carbocycles. The topological polar surface area (TPSA) is 91.4 Å². The third kappa shape index (κ3) is 4.72. The molecule has 0 radical (unpaired) electrons. The molecule has 0 aliphatic rings. The van der Waals surface area contributed by atoms with E-state index in [2.05, 4.69) is 48.1 Å². The van der Waals surface area contributed by atoms with Gasteiger partial charge in [0.05, 0.1) is 17.7 Å². The van der Waals surface area contributed by atoms with Crippen LogP contribution in [0, 0.1) is 18.3 Å². The quantitative estimate of drug-likeness (QED) is 0.150. The van der Waals surface area contributed by atoms with Gasteiger partial charge in [-0.1, -0.05) is 17.7 Å². The standard InChI is InChI=1S/C20H16ClIN7PS/c1-11-24-19-15(26-14-7-6-12(21)8-16(14)31-2)9-18(28-20(19)29(11)30-22)27-17-5-3-4-13(10-23)25-17/h3-9,30H,1-2H3,(H2,25,26,27,28). The Labute approximate surface area is 203 Å². The molecule has 0 amide bonds. The van der Waals surface area contributed by atoms with E-state index in [0.717, 1.165) is 33.3 Å². The summed E-state index contributed by atoms with van der Waals surface area (Å²) in [5, 5.41) is 16.5. The van der Waals surface area contributed by atoms with Gasteiger partial charge in [-0.2, -0.15) is 5.26 Å². The molecule has 4 rings (SSSR count). The summed E-state index contributed by atoms with van der Waals surface area (Å²) in [5.41, 5.74) is 3.65. The van der Waals surface area contributed by atoms with Gasteiger partial charge in [-0.05, 0) is 65.6 Å². The molecule has 0 saturated heterocycles. The molecule has 7 nitrogen and oxygen atoms in total. The van der Waals surface area contributed by atoms with Crippen LogP contribution >= 0.6 is 51.8 Å². The minimum atomic E-state index is 0.338. The molecule has 156 valence electrons. The molecule has 0 saturated carbocycles. The summed E-state index contributed by atoms with van der Waals surface area (Å²) in [6.07, 6.45) is 2.47. The van der Waals surface area contributed by atoms with Gasteiger partial charge in [0.15, 0.2) is 5.65 Å². The second kappa shape index (κ2) is 9.57. The second-order valence-electron chi connectivity index (χ2n) is 6.42. The second-order valence-corrected chi connectivity index (χ2v) is 9.77. The molecule has 11 heteroatoms. The highest BCUT2D eigenvalue weighted by atomic mass is 127. The zero-order valence-corrected chi connectivity index (χ0v) is 21.2. The van der Waals surface area contributed by atoms with Gasteiger partial charge in [0.2, 0.25) is 0 Å². The number of rotatable bonds is 6. The number of nitrogens with one attached hydrogen (secondary N) is 2. The average molecular weight is 580 g/mol. The summed E-state index contributed by atoms with van der Waals surface area (Å²) >= 11 is 10.1. The molecule has 0 fully saturated rings. The van der Waals surface area contributed by atoms with E-state index >= 15 is 0 Å². The maximum Gasteiger partial charge on any atom is 0.168 e. The number of halogens is 2. The number of anilines is 4. The highest BCUT2D eigenvalue weighted by Crippen LogP contribution is 2.37. The Kier molecular flexibility index (Phi) is 6.82. The highest BCUT2D eigenvalue weighted by molar-refractivity contribution is 14.2. The minimum absolute atomic E-state index is 0.338. The van der Waals surface area contributed by atoms with Crippen molar-refractivity contribution in [2.75, 3.05) is 16.9 Å². The van der Waals surface area contributed by atoms with E-state index in [1.54, 1.807) is 30.0 Å². The smallest absolute Gasteiger partial charge is 0.168 e. The van der Waals surface area contributed by atoms with E-state index < -0.39 is 0 Å². The van der Waals surface area contributed by atoms with Crippen molar-refractivity contribution in [3.05, 3.63) is 59.0 Å². The summed E-state index contributed by atoms with van der Waals surface area (Å²) in [6.45, 7) is 1.97. The van der Waals surface area contributed by atoms with Crippen molar-refractivity contribution in [3.8, 4) is 6.07 Å². The number of imidazole rings is 1. The molecular formula is C20H16ClIN7PS. The molecule has 4 aromatic rings. The molecule has 3 heterocycles. The molecule has 0 spiro atoms. The number of thioether (sulfide) groups is 1.